The molecule has 2 rings (SSSR count). The van der Waals surface area contributed by atoms with Gasteiger partial charge < -0.3 is 10.4 Å². The van der Waals surface area contributed by atoms with Crippen LogP contribution in [0.3, 0.4) is 0 Å². The minimum Gasteiger partial charge on any atom is -0.480 e. The van der Waals surface area contributed by atoms with Gasteiger partial charge in [0.1, 0.15) is 0 Å². The van der Waals surface area contributed by atoms with Gasteiger partial charge in [0, 0.05) is 10.7 Å². The van der Waals surface area contributed by atoms with Crippen molar-refractivity contribution >= 4 is 29.2 Å². The summed E-state index contributed by atoms with van der Waals surface area (Å²) < 4.78 is 0. The predicted octanol–water partition coefficient (Wildman–Crippen LogP) is 1.46. The number of halogens is 1. The lowest BCUT2D eigenvalue weighted by Crippen LogP contribution is -2.20. The third-order valence-corrected chi connectivity index (χ3v) is 2.33. The molecule has 0 bridgehead atoms. The van der Waals surface area contributed by atoms with Crippen LogP contribution in [0.1, 0.15) is 11.5 Å². The number of amides is 1. The molecule has 0 aromatic heterocycles. The molecule has 0 spiro atoms. The van der Waals surface area contributed by atoms with E-state index < -0.39 is 17.8 Å². The zero-order valence-corrected chi connectivity index (χ0v) is 7.71. The lowest BCUT2D eigenvalue weighted by molar-refractivity contribution is -0.141. The fourth-order valence-corrected chi connectivity index (χ4v) is 1.65. The number of carboxylic acids is 1. The summed E-state index contributed by atoms with van der Waals surface area (Å²) in [6, 6.07) is 4.66. The van der Waals surface area contributed by atoms with E-state index in [4.69, 9.17) is 16.7 Å². The number of rotatable bonds is 1. The number of fused-ring (bicyclic) bond motifs is 1. The normalized spacial score (nSPS) is 18.9. The van der Waals surface area contributed by atoms with Gasteiger partial charge in [0.05, 0.1) is 0 Å². The summed E-state index contributed by atoms with van der Waals surface area (Å²) in [6.07, 6.45) is 0. The van der Waals surface area contributed by atoms with Crippen molar-refractivity contribution in [2.45, 2.75) is 5.92 Å². The third-order valence-electron chi connectivity index (χ3n) is 2.09. The van der Waals surface area contributed by atoms with E-state index in [1.54, 1.807) is 12.1 Å². The van der Waals surface area contributed by atoms with Gasteiger partial charge >= 0.3 is 5.97 Å². The highest BCUT2D eigenvalue weighted by Gasteiger charge is 2.36. The smallest absolute Gasteiger partial charge is 0.320 e. The Morgan fingerprint density at radius 1 is 1.50 bits per heavy atom. The van der Waals surface area contributed by atoms with Crippen LogP contribution in [0.25, 0.3) is 0 Å². The van der Waals surface area contributed by atoms with Crippen LogP contribution in [0, 0.1) is 0 Å². The van der Waals surface area contributed by atoms with Crippen LogP contribution in [0.2, 0.25) is 5.02 Å². The van der Waals surface area contributed by atoms with E-state index in [0.717, 1.165) is 0 Å². The van der Waals surface area contributed by atoms with Crippen molar-refractivity contribution < 1.29 is 14.7 Å². The second kappa shape index (κ2) is 2.99. The summed E-state index contributed by atoms with van der Waals surface area (Å²) in [4.78, 5) is 22.0. The Bertz CT molecular complexity index is 430. The maximum atomic E-state index is 11.2. The molecule has 2 N–H and O–H groups in total. The maximum absolute atomic E-state index is 11.2. The van der Waals surface area contributed by atoms with E-state index in [1.165, 1.54) is 6.07 Å². The minimum absolute atomic E-state index is 0.465. The van der Waals surface area contributed by atoms with Gasteiger partial charge in [-0.15, -0.1) is 0 Å². The highest BCUT2D eigenvalue weighted by atomic mass is 35.5. The number of nitrogens with one attached hydrogen (secondary N) is 1. The fourth-order valence-electron chi connectivity index (χ4n) is 1.48. The van der Waals surface area contributed by atoms with Crippen molar-refractivity contribution in [2.75, 3.05) is 5.32 Å². The zero-order valence-electron chi connectivity index (χ0n) is 6.95. The summed E-state index contributed by atoms with van der Waals surface area (Å²) in [5.74, 6) is -2.78. The molecular weight excluding hydrogens is 206 g/mol. The Balaban J connectivity index is 2.53. The first-order valence-electron chi connectivity index (χ1n) is 3.92. The standard InChI is InChI=1S/C9H6ClNO3/c10-4-1-2-5-6(3-4)11-8(12)7(5)9(13)14/h1-3,7H,(H,11,12)(H,13,14). The number of hydrogen-bond acceptors (Lipinski definition) is 2. The molecule has 1 aliphatic heterocycles. The largest absolute Gasteiger partial charge is 0.480 e. The topological polar surface area (TPSA) is 66.4 Å². The highest BCUT2D eigenvalue weighted by Crippen LogP contribution is 2.34. The van der Waals surface area contributed by atoms with Gasteiger partial charge in [-0.25, -0.2) is 0 Å². The molecule has 5 heteroatoms. The molecule has 1 unspecified atom stereocenters. The molecule has 1 heterocycles. The molecule has 72 valence electrons. The van der Waals surface area contributed by atoms with E-state index in [-0.39, 0.29) is 0 Å². The molecule has 0 saturated carbocycles. The molecule has 0 fully saturated rings. The molecule has 1 aliphatic rings. The Kier molecular flexibility index (Phi) is 1.93. The molecule has 1 atom stereocenters. The van der Waals surface area contributed by atoms with Gasteiger partial charge in [-0.2, -0.15) is 0 Å². The van der Waals surface area contributed by atoms with Crippen molar-refractivity contribution in [3.8, 4) is 0 Å². The van der Waals surface area contributed by atoms with Gasteiger partial charge in [0.15, 0.2) is 5.92 Å². The molecule has 1 aromatic rings. The summed E-state index contributed by atoms with van der Waals surface area (Å²) in [5, 5.41) is 11.7. The molecular formula is C9H6ClNO3. The second-order valence-electron chi connectivity index (χ2n) is 2.99. The Morgan fingerprint density at radius 3 is 2.86 bits per heavy atom. The Labute approximate surface area is 84.5 Å². The quantitative estimate of drug-likeness (QED) is 0.691. The Morgan fingerprint density at radius 2 is 2.21 bits per heavy atom. The van der Waals surface area contributed by atoms with Gasteiger partial charge in [-0.3, -0.25) is 9.59 Å². The highest BCUT2D eigenvalue weighted by molar-refractivity contribution is 6.31. The van der Waals surface area contributed by atoms with Crippen LogP contribution in [-0.2, 0) is 9.59 Å². The minimum atomic E-state index is -1.15. The number of benzene rings is 1. The lowest BCUT2D eigenvalue weighted by atomic mass is 10.0. The molecule has 0 aliphatic carbocycles. The van der Waals surface area contributed by atoms with Crippen LogP contribution in [0.4, 0.5) is 5.69 Å². The van der Waals surface area contributed by atoms with Crippen molar-refractivity contribution in [1.82, 2.24) is 0 Å². The summed E-state index contributed by atoms with van der Waals surface area (Å²) >= 11 is 5.70. The first-order chi connectivity index (χ1) is 6.59. The number of hydrogen-bond donors (Lipinski definition) is 2. The van der Waals surface area contributed by atoms with Gasteiger partial charge in [-0.05, 0) is 17.7 Å². The van der Waals surface area contributed by atoms with Crippen molar-refractivity contribution in [2.24, 2.45) is 0 Å². The second-order valence-corrected chi connectivity index (χ2v) is 3.43. The van der Waals surface area contributed by atoms with Crippen LogP contribution >= 0.6 is 11.6 Å². The van der Waals surface area contributed by atoms with Crippen molar-refractivity contribution in [1.29, 1.82) is 0 Å². The van der Waals surface area contributed by atoms with E-state index in [9.17, 15) is 9.59 Å². The number of carbonyl (C=O) groups is 2. The first-order valence-corrected chi connectivity index (χ1v) is 4.30. The van der Waals surface area contributed by atoms with Gasteiger partial charge in [0.2, 0.25) is 5.91 Å². The average Bonchev–Trinajstić information content (AvgIpc) is 2.39. The number of aliphatic carboxylic acids is 1. The molecule has 14 heavy (non-hydrogen) atoms. The van der Waals surface area contributed by atoms with Crippen LogP contribution in [0.5, 0.6) is 0 Å². The summed E-state index contributed by atoms with van der Waals surface area (Å²) in [5.41, 5.74) is 0.946. The van der Waals surface area contributed by atoms with E-state index in [2.05, 4.69) is 5.32 Å². The van der Waals surface area contributed by atoms with Crippen LogP contribution in [0.15, 0.2) is 18.2 Å². The molecule has 4 nitrogen and oxygen atoms in total. The van der Waals surface area contributed by atoms with Crippen molar-refractivity contribution in [3.05, 3.63) is 28.8 Å². The molecule has 1 amide bonds. The maximum Gasteiger partial charge on any atom is 0.320 e. The van der Waals surface area contributed by atoms with Gasteiger partial charge in [-0.1, -0.05) is 17.7 Å². The van der Waals surface area contributed by atoms with E-state index in [0.29, 0.717) is 16.3 Å². The summed E-state index contributed by atoms with van der Waals surface area (Å²) in [6.45, 7) is 0. The number of carboxylic acid groups (broad SMARTS) is 1. The fraction of sp³-hybridized carbons (Fsp3) is 0.111. The van der Waals surface area contributed by atoms with Gasteiger partial charge in [0.25, 0.3) is 0 Å². The first kappa shape index (κ1) is 9.02. The van der Waals surface area contributed by atoms with Crippen LogP contribution in [-0.4, -0.2) is 17.0 Å². The van der Waals surface area contributed by atoms with Crippen LogP contribution < -0.4 is 5.32 Å². The van der Waals surface area contributed by atoms with E-state index >= 15 is 0 Å². The third kappa shape index (κ3) is 1.24. The number of anilines is 1. The Hall–Kier alpha value is -1.55. The van der Waals surface area contributed by atoms with Crippen molar-refractivity contribution in [3.63, 3.8) is 0 Å². The van der Waals surface area contributed by atoms with E-state index in [1.807, 2.05) is 0 Å². The lowest BCUT2D eigenvalue weighted by Gasteiger charge is -2.01. The number of carbonyl (C=O) groups excluding carboxylic acids is 1. The summed E-state index contributed by atoms with van der Waals surface area (Å²) in [7, 11) is 0. The molecule has 1 aromatic carbocycles. The predicted molar refractivity (Wildman–Crippen MR) is 50.5 cm³/mol. The SMILES string of the molecule is O=C(O)C1C(=O)Nc2cc(Cl)ccc21. The monoisotopic (exact) mass is 211 g/mol. The average molecular weight is 212 g/mol. The molecule has 0 saturated heterocycles. The molecule has 0 radical (unpaired) electrons. The zero-order chi connectivity index (χ0) is 10.3.